The van der Waals surface area contributed by atoms with Gasteiger partial charge in [0.15, 0.2) is 5.82 Å². The average molecular weight is 321 g/mol. The Bertz CT molecular complexity index is 442. The van der Waals surface area contributed by atoms with Crippen molar-refractivity contribution in [3.63, 3.8) is 0 Å². The Labute approximate surface area is 99.4 Å². The molecule has 6 heteroatoms. The summed E-state index contributed by atoms with van der Waals surface area (Å²) in [7, 11) is 0. The number of nitrogens with zero attached hydrogens (tertiary/aromatic N) is 4. The number of hydrogen-bond donors (Lipinski definition) is 0. The first kappa shape index (κ1) is 9.85. The molecule has 0 atom stereocenters. The van der Waals surface area contributed by atoms with Gasteiger partial charge in [-0.3, -0.25) is 0 Å². The van der Waals surface area contributed by atoms with E-state index in [9.17, 15) is 0 Å². The first-order chi connectivity index (χ1) is 6.81. The van der Waals surface area contributed by atoms with Gasteiger partial charge in [0.05, 0.1) is 11.6 Å². The van der Waals surface area contributed by atoms with Gasteiger partial charge in [-0.05, 0) is 51.2 Å². The summed E-state index contributed by atoms with van der Waals surface area (Å²) in [5.74, 6) is 0.951. The Morgan fingerprint density at radius 3 is 3.00 bits per heavy atom. The summed E-state index contributed by atoms with van der Waals surface area (Å²) in [6.07, 6.45) is 0. The molecule has 0 saturated carbocycles. The predicted octanol–water partition coefficient (Wildman–Crippen LogP) is 2.01. The second-order valence-electron chi connectivity index (χ2n) is 2.62. The lowest BCUT2D eigenvalue weighted by Crippen LogP contribution is -2.01. The zero-order valence-corrected chi connectivity index (χ0v) is 9.97. The van der Waals surface area contributed by atoms with Crippen LogP contribution in [0.5, 0.6) is 0 Å². The highest BCUT2D eigenvalue weighted by molar-refractivity contribution is 14.1. The number of hydrogen-bond acceptors (Lipinski definition) is 3. The largest absolute Gasteiger partial charge is 0.196 e. The Balaban J connectivity index is 2.49. The van der Waals surface area contributed by atoms with Crippen LogP contribution >= 0.6 is 34.2 Å². The van der Waals surface area contributed by atoms with Crippen LogP contribution in [-0.4, -0.2) is 20.2 Å². The van der Waals surface area contributed by atoms with Crippen molar-refractivity contribution >= 4 is 34.2 Å². The van der Waals surface area contributed by atoms with Crippen LogP contribution in [0.2, 0.25) is 0 Å². The number of benzene rings is 1. The molecule has 0 spiro atoms. The quantitative estimate of drug-likeness (QED) is 0.628. The number of aromatic nitrogens is 4. The van der Waals surface area contributed by atoms with Crippen LogP contribution in [0.25, 0.3) is 5.69 Å². The summed E-state index contributed by atoms with van der Waals surface area (Å²) in [5.41, 5.74) is 0.928. The first-order valence-electron chi connectivity index (χ1n) is 3.90. The molecule has 1 aromatic carbocycles. The Morgan fingerprint density at radius 2 is 2.29 bits per heavy atom. The van der Waals surface area contributed by atoms with Crippen molar-refractivity contribution in [2.75, 3.05) is 0 Å². The molecular formula is C8H6ClIN4. The van der Waals surface area contributed by atoms with E-state index in [4.69, 9.17) is 11.6 Å². The molecular weight excluding hydrogens is 314 g/mol. The maximum Gasteiger partial charge on any atom is 0.171 e. The summed E-state index contributed by atoms with van der Waals surface area (Å²) in [6.45, 7) is 0. The molecule has 0 fully saturated rings. The first-order valence-corrected chi connectivity index (χ1v) is 5.52. The van der Waals surface area contributed by atoms with Gasteiger partial charge in [0, 0.05) is 3.57 Å². The normalized spacial score (nSPS) is 10.4. The van der Waals surface area contributed by atoms with Crippen LogP contribution in [-0.2, 0) is 5.88 Å². The SMILES string of the molecule is ClCc1nnnn1-c1cccc(I)c1. The van der Waals surface area contributed by atoms with E-state index < -0.39 is 0 Å². The van der Waals surface area contributed by atoms with Crippen LogP contribution in [0.4, 0.5) is 0 Å². The fourth-order valence-electron chi connectivity index (χ4n) is 1.10. The maximum atomic E-state index is 5.70. The molecule has 0 radical (unpaired) electrons. The number of halogens is 2. The molecule has 0 aliphatic rings. The van der Waals surface area contributed by atoms with Crippen LogP contribution in [0.15, 0.2) is 24.3 Å². The second kappa shape index (κ2) is 4.22. The lowest BCUT2D eigenvalue weighted by Gasteiger charge is -2.01. The smallest absolute Gasteiger partial charge is 0.171 e. The average Bonchev–Trinajstić information content (AvgIpc) is 2.65. The molecule has 1 aromatic heterocycles. The molecule has 72 valence electrons. The third-order valence-corrected chi connectivity index (χ3v) is 2.62. The highest BCUT2D eigenvalue weighted by Gasteiger charge is 2.06. The van der Waals surface area contributed by atoms with E-state index in [2.05, 4.69) is 38.1 Å². The minimum Gasteiger partial charge on any atom is -0.196 e. The Hall–Kier alpha value is -0.690. The van der Waals surface area contributed by atoms with Gasteiger partial charge in [0.25, 0.3) is 0 Å². The molecule has 0 amide bonds. The molecule has 0 aliphatic heterocycles. The van der Waals surface area contributed by atoms with E-state index in [1.165, 1.54) is 0 Å². The summed E-state index contributed by atoms with van der Waals surface area (Å²) >= 11 is 7.94. The van der Waals surface area contributed by atoms with E-state index in [1.807, 2.05) is 24.3 Å². The fraction of sp³-hybridized carbons (Fsp3) is 0.125. The molecule has 0 unspecified atom stereocenters. The summed E-state index contributed by atoms with van der Waals surface area (Å²) in [5, 5.41) is 11.2. The van der Waals surface area contributed by atoms with Crippen molar-refractivity contribution in [2.45, 2.75) is 5.88 Å². The maximum absolute atomic E-state index is 5.70. The van der Waals surface area contributed by atoms with Crippen molar-refractivity contribution in [3.8, 4) is 5.69 Å². The standard InChI is InChI=1S/C8H6ClIN4/c9-5-8-11-12-13-14(8)7-3-1-2-6(10)4-7/h1-4H,5H2. The van der Waals surface area contributed by atoms with E-state index in [-0.39, 0.29) is 0 Å². The Morgan fingerprint density at radius 1 is 1.43 bits per heavy atom. The number of alkyl halides is 1. The van der Waals surface area contributed by atoms with Crippen LogP contribution in [0.1, 0.15) is 5.82 Å². The van der Waals surface area contributed by atoms with E-state index in [1.54, 1.807) is 4.68 Å². The van der Waals surface area contributed by atoms with Gasteiger partial charge in [-0.2, -0.15) is 4.68 Å². The zero-order valence-electron chi connectivity index (χ0n) is 7.06. The third-order valence-electron chi connectivity index (χ3n) is 1.71. The van der Waals surface area contributed by atoms with Gasteiger partial charge in [0.2, 0.25) is 0 Å². The van der Waals surface area contributed by atoms with Crippen molar-refractivity contribution < 1.29 is 0 Å². The fourth-order valence-corrected chi connectivity index (χ4v) is 1.79. The topological polar surface area (TPSA) is 43.6 Å². The van der Waals surface area contributed by atoms with E-state index in [0.29, 0.717) is 11.7 Å². The van der Waals surface area contributed by atoms with Gasteiger partial charge in [-0.25, -0.2) is 0 Å². The van der Waals surface area contributed by atoms with Gasteiger partial charge >= 0.3 is 0 Å². The van der Waals surface area contributed by atoms with Gasteiger partial charge < -0.3 is 0 Å². The Kier molecular flexibility index (Phi) is 2.97. The lowest BCUT2D eigenvalue weighted by atomic mass is 10.3. The van der Waals surface area contributed by atoms with Gasteiger partial charge in [-0.15, -0.1) is 16.7 Å². The second-order valence-corrected chi connectivity index (χ2v) is 4.13. The minimum absolute atomic E-state index is 0.304. The van der Waals surface area contributed by atoms with Crippen molar-refractivity contribution in [2.24, 2.45) is 0 Å². The van der Waals surface area contributed by atoms with Crippen LogP contribution in [0, 0.1) is 3.57 Å². The van der Waals surface area contributed by atoms with Crippen molar-refractivity contribution in [1.29, 1.82) is 0 Å². The molecule has 2 rings (SSSR count). The van der Waals surface area contributed by atoms with Crippen molar-refractivity contribution in [3.05, 3.63) is 33.7 Å². The molecule has 0 N–H and O–H groups in total. The zero-order chi connectivity index (χ0) is 9.97. The molecule has 0 bridgehead atoms. The highest BCUT2D eigenvalue weighted by Crippen LogP contribution is 2.12. The van der Waals surface area contributed by atoms with Crippen LogP contribution < -0.4 is 0 Å². The molecule has 2 aromatic rings. The van der Waals surface area contributed by atoms with E-state index in [0.717, 1.165) is 9.26 Å². The van der Waals surface area contributed by atoms with Gasteiger partial charge in [-0.1, -0.05) is 6.07 Å². The molecule has 4 nitrogen and oxygen atoms in total. The summed E-state index contributed by atoms with van der Waals surface area (Å²) < 4.78 is 2.77. The molecule has 0 aliphatic carbocycles. The minimum atomic E-state index is 0.304. The highest BCUT2D eigenvalue weighted by atomic mass is 127. The number of rotatable bonds is 2. The predicted molar refractivity (Wildman–Crippen MR) is 61.4 cm³/mol. The van der Waals surface area contributed by atoms with Crippen LogP contribution in [0.3, 0.4) is 0 Å². The molecule has 1 heterocycles. The summed E-state index contributed by atoms with van der Waals surface area (Å²) in [6, 6.07) is 7.90. The van der Waals surface area contributed by atoms with Crippen molar-refractivity contribution in [1.82, 2.24) is 20.2 Å². The van der Waals surface area contributed by atoms with E-state index >= 15 is 0 Å². The molecule has 14 heavy (non-hydrogen) atoms. The lowest BCUT2D eigenvalue weighted by molar-refractivity contribution is 0.776. The number of tetrazole rings is 1. The van der Waals surface area contributed by atoms with Gasteiger partial charge in [0.1, 0.15) is 0 Å². The monoisotopic (exact) mass is 320 g/mol. The summed E-state index contributed by atoms with van der Waals surface area (Å²) in [4.78, 5) is 0. The third kappa shape index (κ3) is 1.88. The molecule has 0 saturated heterocycles.